The highest BCUT2D eigenvalue weighted by molar-refractivity contribution is 5.75. The first-order chi connectivity index (χ1) is 9.72. The van der Waals surface area contributed by atoms with Gasteiger partial charge in [0.15, 0.2) is 0 Å². The van der Waals surface area contributed by atoms with Gasteiger partial charge in [0.1, 0.15) is 0 Å². The van der Waals surface area contributed by atoms with E-state index >= 15 is 0 Å². The molecule has 3 heterocycles. The highest BCUT2D eigenvalue weighted by Crippen LogP contribution is 2.37. The van der Waals surface area contributed by atoms with Crippen molar-refractivity contribution in [1.29, 1.82) is 0 Å². The smallest absolute Gasteiger partial charge is 0.222 e. The highest BCUT2D eigenvalue weighted by Gasteiger charge is 2.42. The van der Waals surface area contributed by atoms with E-state index in [4.69, 9.17) is 4.74 Å². The van der Waals surface area contributed by atoms with E-state index in [2.05, 4.69) is 4.90 Å². The van der Waals surface area contributed by atoms with Gasteiger partial charge in [-0.05, 0) is 51.6 Å². The van der Waals surface area contributed by atoms with Crippen molar-refractivity contribution in [2.45, 2.75) is 63.5 Å². The highest BCUT2D eigenvalue weighted by atomic mass is 16.5. The number of ether oxygens (including phenoxy) is 1. The molecule has 3 fully saturated rings. The minimum atomic E-state index is 0.0655. The average molecular weight is 280 g/mol. The molecule has 0 radical (unpaired) electrons. The number of nitrogens with zero attached hydrogens (tertiary/aromatic N) is 2. The molecule has 3 aliphatic rings. The molecule has 1 atom stereocenters. The first-order valence-corrected chi connectivity index (χ1v) is 8.38. The average Bonchev–Trinajstić information content (AvgIpc) is 3.02. The van der Waals surface area contributed by atoms with Gasteiger partial charge < -0.3 is 14.5 Å². The molecule has 0 bridgehead atoms. The Balaban J connectivity index is 1.58. The summed E-state index contributed by atoms with van der Waals surface area (Å²) in [4.78, 5) is 16.5. The summed E-state index contributed by atoms with van der Waals surface area (Å²) in [5.41, 5.74) is 0.0655. The van der Waals surface area contributed by atoms with Crippen molar-refractivity contribution in [2.75, 3.05) is 32.8 Å². The Morgan fingerprint density at radius 3 is 2.55 bits per heavy atom. The number of carbonyl (C=O) groups excluding carboxylic acids is 1. The molecule has 0 saturated carbocycles. The predicted octanol–water partition coefficient (Wildman–Crippen LogP) is 2.03. The summed E-state index contributed by atoms with van der Waals surface area (Å²) < 4.78 is 6.19. The number of likely N-dealkylation sites (tertiary alicyclic amines) is 2. The quantitative estimate of drug-likeness (QED) is 0.776. The van der Waals surface area contributed by atoms with Crippen molar-refractivity contribution in [2.24, 2.45) is 0 Å². The molecular formula is C16H28N2O2. The molecule has 0 aromatic rings. The van der Waals surface area contributed by atoms with E-state index in [-0.39, 0.29) is 5.60 Å². The maximum Gasteiger partial charge on any atom is 0.222 e. The predicted molar refractivity (Wildman–Crippen MR) is 78.6 cm³/mol. The molecule has 0 aromatic heterocycles. The minimum absolute atomic E-state index is 0.0655. The summed E-state index contributed by atoms with van der Waals surface area (Å²) in [6.07, 6.45) is 7.79. The normalized spacial score (nSPS) is 30.9. The standard InChI is InChI=1S/C16H28N2O2/c1-2-15(19)18-10-6-16(7-11-18)13-14(5-12-20-16)17-8-3-4-9-17/h14H,2-13H2,1H3. The molecule has 3 saturated heterocycles. The Hall–Kier alpha value is -0.610. The van der Waals surface area contributed by atoms with Crippen LogP contribution in [0.4, 0.5) is 0 Å². The van der Waals surface area contributed by atoms with Crippen LogP contribution in [0.25, 0.3) is 0 Å². The third-order valence-electron chi connectivity index (χ3n) is 5.45. The molecule has 1 amide bonds. The van der Waals surface area contributed by atoms with Crippen LogP contribution >= 0.6 is 0 Å². The second-order valence-electron chi connectivity index (χ2n) is 6.66. The van der Waals surface area contributed by atoms with Crippen molar-refractivity contribution in [3.05, 3.63) is 0 Å². The number of rotatable bonds is 2. The zero-order chi connectivity index (χ0) is 14.0. The lowest BCUT2D eigenvalue weighted by Gasteiger charge is -2.48. The van der Waals surface area contributed by atoms with Gasteiger partial charge in [-0.1, -0.05) is 6.92 Å². The Morgan fingerprint density at radius 2 is 1.90 bits per heavy atom. The SMILES string of the molecule is CCC(=O)N1CCC2(CC1)CC(N1CCCC1)CCO2. The van der Waals surface area contributed by atoms with Gasteiger partial charge in [-0.2, -0.15) is 0 Å². The summed E-state index contributed by atoms with van der Waals surface area (Å²) in [6.45, 7) is 7.19. The van der Waals surface area contributed by atoms with Crippen LogP contribution < -0.4 is 0 Å². The number of amides is 1. The van der Waals surface area contributed by atoms with Gasteiger partial charge in [0.25, 0.3) is 0 Å². The third kappa shape index (κ3) is 2.86. The monoisotopic (exact) mass is 280 g/mol. The molecule has 0 aromatic carbocycles. The summed E-state index contributed by atoms with van der Waals surface area (Å²) in [5, 5.41) is 0. The van der Waals surface area contributed by atoms with Crippen LogP contribution in [0.1, 0.15) is 51.9 Å². The van der Waals surface area contributed by atoms with Gasteiger partial charge in [0.05, 0.1) is 5.60 Å². The van der Waals surface area contributed by atoms with Gasteiger partial charge in [0, 0.05) is 32.2 Å². The zero-order valence-corrected chi connectivity index (χ0v) is 12.8. The third-order valence-corrected chi connectivity index (χ3v) is 5.45. The van der Waals surface area contributed by atoms with Gasteiger partial charge in [-0.3, -0.25) is 4.79 Å². The Morgan fingerprint density at radius 1 is 1.20 bits per heavy atom. The molecule has 0 N–H and O–H groups in total. The van der Waals surface area contributed by atoms with Crippen LogP contribution in [-0.2, 0) is 9.53 Å². The fourth-order valence-corrected chi connectivity index (χ4v) is 4.16. The van der Waals surface area contributed by atoms with Gasteiger partial charge in [-0.25, -0.2) is 0 Å². The van der Waals surface area contributed by atoms with Crippen molar-refractivity contribution in [3.8, 4) is 0 Å². The summed E-state index contributed by atoms with van der Waals surface area (Å²) >= 11 is 0. The molecule has 1 unspecified atom stereocenters. The topological polar surface area (TPSA) is 32.8 Å². The first-order valence-electron chi connectivity index (χ1n) is 8.38. The molecule has 114 valence electrons. The Labute approximate surface area is 122 Å². The number of piperidine rings is 1. The van der Waals surface area contributed by atoms with Crippen molar-refractivity contribution in [1.82, 2.24) is 9.80 Å². The maximum absolute atomic E-state index is 11.8. The van der Waals surface area contributed by atoms with Crippen molar-refractivity contribution >= 4 is 5.91 Å². The number of hydrogen-bond donors (Lipinski definition) is 0. The Bertz CT molecular complexity index is 344. The first kappa shape index (κ1) is 14.3. The molecule has 1 spiro atoms. The van der Waals surface area contributed by atoms with Crippen LogP contribution in [0, 0.1) is 0 Å². The van der Waals surface area contributed by atoms with Crippen LogP contribution in [0.5, 0.6) is 0 Å². The van der Waals surface area contributed by atoms with Crippen LogP contribution in [0.15, 0.2) is 0 Å². The van der Waals surface area contributed by atoms with Crippen LogP contribution in [0.3, 0.4) is 0 Å². The van der Waals surface area contributed by atoms with Crippen LogP contribution in [-0.4, -0.2) is 60.1 Å². The second-order valence-corrected chi connectivity index (χ2v) is 6.66. The van der Waals surface area contributed by atoms with E-state index in [0.717, 1.165) is 38.6 Å². The van der Waals surface area contributed by atoms with Gasteiger partial charge in [0.2, 0.25) is 5.91 Å². The van der Waals surface area contributed by atoms with E-state index < -0.39 is 0 Å². The summed E-state index contributed by atoms with van der Waals surface area (Å²) in [5.74, 6) is 0.298. The van der Waals surface area contributed by atoms with Crippen LogP contribution in [0.2, 0.25) is 0 Å². The zero-order valence-electron chi connectivity index (χ0n) is 12.8. The molecular weight excluding hydrogens is 252 g/mol. The van der Waals surface area contributed by atoms with E-state index in [9.17, 15) is 4.79 Å². The molecule has 20 heavy (non-hydrogen) atoms. The molecule has 3 rings (SSSR count). The number of carbonyl (C=O) groups is 1. The Kier molecular flexibility index (Phi) is 4.32. The molecule has 4 heteroatoms. The van der Waals surface area contributed by atoms with Gasteiger partial charge >= 0.3 is 0 Å². The van der Waals surface area contributed by atoms with Crippen molar-refractivity contribution < 1.29 is 9.53 Å². The fourth-order valence-electron chi connectivity index (χ4n) is 4.16. The molecule has 3 aliphatic heterocycles. The van der Waals surface area contributed by atoms with E-state index in [0.29, 0.717) is 12.3 Å². The molecule has 0 aliphatic carbocycles. The maximum atomic E-state index is 11.8. The summed E-state index contributed by atoms with van der Waals surface area (Å²) in [6, 6.07) is 0.722. The lowest BCUT2D eigenvalue weighted by atomic mass is 9.82. The lowest BCUT2D eigenvalue weighted by molar-refractivity contribution is -0.148. The lowest BCUT2D eigenvalue weighted by Crippen LogP contribution is -2.54. The minimum Gasteiger partial charge on any atom is -0.375 e. The van der Waals surface area contributed by atoms with E-state index in [1.807, 2.05) is 11.8 Å². The largest absolute Gasteiger partial charge is 0.375 e. The van der Waals surface area contributed by atoms with Crippen molar-refractivity contribution in [3.63, 3.8) is 0 Å². The molecule has 4 nitrogen and oxygen atoms in total. The van der Waals surface area contributed by atoms with E-state index in [1.165, 1.54) is 38.8 Å². The van der Waals surface area contributed by atoms with Gasteiger partial charge in [-0.15, -0.1) is 0 Å². The number of hydrogen-bond acceptors (Lipinski definition) is 3. The van der Waals surface area contributed by atoms with E-state index in [1.54, 1.807) is 0 Å². The summed E-state index contributed by atoms with van der Waals surface area (Å²) in [7, 11) is 0. The second kappa shape index (κ2) is 6.02. The fraction of sp³-hybridized carbons (Fsp3) is 0.938.